The van der Waals surface area contributed by atoms with E-state index in [0.29, 0.717) is 141 Å². The Balaban J connectivity index is 1.04. The number of piperazine rings is 2. The first kappa shape index (κ1) is 53.5. The summed E-state index contributed by atoms with van der Waals surface area (Å²) in [7, 11) is 0. The van der Waals surface area contributed by atoms with Crippen LogP contribution in [0.25, 0.3) is 10.9 Å². The molecule has 2 aliphatic heterocycles. The van der Waals surface area contributed by atoms with Gasteiger partial charge in [-0.1, -0.05) is 54.8 Å². The van der Waals surface area contributed by atoms with Gasteiger partial charge >= 0.3 is 0 Å². The summed E-state index contributed by atoms with van der Waals surface area (Å²) in [5.74, 6) is 3.76. The fourth-order valence-corrected chi connectivity index (χ4v) is 8.64. The number of hydrogen-bond donors (Lipinski definition) is 6. The van der Waals surface area contributed by atoms with Crippen LogP contribution >= 0.6 is 0 Å². The van der Waals surface area contributed by atoms with Crippen molar-refractivity contribution in [2.75, 3.05) is 127 Å². The predicted molar refractivity (Wildman–Crippen MR) is 271 cm³/mol. The summed E-state index contributed by atoms with van der Waals surface area (Å²) in [5.41, 5.74) is 21.4. The van der Waals surface area contributed by atoms with Crippen molar-refractivity contribution in [3.8, 4) is 12.3 Å². The quantitative estimate of drug-likeness (QED) is 0.0299. The molecule has 1 aromatic carbocycles. The van der Waals surface area contributed by atoms with Gasteiger partial charge in [-0.05, 0) is 49.2 Å². The third-order valence-corrected chi connectivity index (χ3v) is 13.2. The third kappa shape index (κ3) is 14.2. The number of fused-ring (bicyclic) bond motifs is 1. The summed E-state index contributed by atoms with van der Waals surface area (Å²) < 4.78 is 19.8. The largest absolute Gasteiger partial charge is 0.394 e. The number of anilines is 3. The zero-order chi connectivity index (χ0) is 50.8. The molecule has 0 radical (unpaired) electrons. The molecule has 2 aliphatic rings. The van der Waals surface area contributed by atoms with E-state index in [2.05, 4.69) is 61.7 Å². The number of aromatic nitrogens is 10. The van der Waals surface area contributed by atoms with Crippen molar-refractivity contribution in [3.63, 3.8) is 0 Å². The second-order valence-electron chi connectivity index (χ2n) is 18.1. The molecule has 0 spiro atoms. The minimum atomic E-state index is -0.700. The highest BCUT2D eigenvalue weighted by molar-refractivity contribution is 5.83. The number of rotatable bonds is 28. The van der Waals surface area contributed by atoms with E-state index in [0.717, 1.165) is 35.9 Å². The van der Waals surface area contributed by atoms with Crippen LogP contribution < -0.4 is 32.3 Å². The summed E-state index contributed by atoms with van der Waals surface area (Å²) in [6.07, 6.45) is 11.9. The van der Waals surface area contributed by atoms with Gasteiger partial charge in [0.05, 0.1) is 69.8 Å². The number of hydrogen-bond acceptors (Lipinski definition) is 19. The van der Waals surface area contributed by atoms with Crippen LogP contribution in [0.15, 0.2) is 42.7 Å². The van der Waals surface area contributed by atoms with Crippen LogP contribution in [-0.2, 0) is 30.2 Å². The van der Waals surface area contributed by atoms with E-state index in [1.807, 2.05) is 45.2 Å². The molecule has 9 N–H and O–H groups in total. The Morgan fingerprint density at radius 3 is 2.04 bits per heavy atom. The highest BCUT2D eigenvalue weighted by Gasteiger charge is 2.34. The van der Waals surface area contributed by atoms with Crippen LogP contribution in [0.1, 0.15) is 80.8 Å². The van der Waals surface area contributed by atoms with Gasteiger partial charge in [0.1, 0.15) is 24.4 Å². The molecule has 5 aromatic rings. The number of nitrogens with zero attached hydrogens (tertiary/aromatic N) is 13. The molecule has 5 atom stereocenters. The number of carbonyl (C=O) groups excluding carboxylic acids is 2. The van der Waals surface area contributed by atoms with E-state index < -0.39 is 18.1 Å². The molecule has 1 unspecified atom stereocenters. The number of H-pyrrole nitrogens is 1. The number of carbonyl (C=O) groups is 2. The first-order valence-electron chi connectivity index (χ1n) is 25.1. The molecule has 0 aliphatic carbocycles. The van der Waals surface area contributed by atoms with Gasteiger partial charge in [0.15, 0.2) is 0 Å². The molecule has 2 amide bonds. The van der Waals surface area contributed by atoms with Gasteiger partial charge in [-0.2, -0.15) is 15.0 Å². The van der Waals surface area contributed by atoms with E-state index >= 15 is 0 Å². The maximum atomic E-state index is 14.7. The SMILES string of the molecule is C#CCOCCOCCOCCNc1nc(N2CCN(C(=O)[C@H](Cc3cc4ccccc4[nH]3)n3cc([C@@H](N)C(C)CC)nn3)CC2)nc(N2CCN(C(=O)[C@H](CCCCN)n3cc([C@@H](N)CO)nn3)CC2)n1. The zero-order valence-corrected chi connectivity index (χ0v) is 41.6. The lowest BCUT2D eigenvalue weighted by Crippen LogP contribution is -2.52. The van der Waals surface area contributed by atoms with Crippen molar-refractivity contribution >= 4 is 40.6 Å². The molecule has 2 fully saturated rings. The van der Waals surface area contributed by atoms with Crippen molar-refractivity contribution in [1.29, 1.82) is 0 Å². The average Bonchev–Trinajstić information content (AvgIpc) is 4.21. The summed E-state index contributed by atoms with van der Waals surface area (Å²) in [4.78, 5) is 54.8. The number of terminal acetylenes is 1. The molecule has 72 heavy (non-hydrogen) atoms. The minimum Gasteiger partial charge on any atom is -0.394 e. The molecule has 24 heteroatoms. The number of aliphatic hydroxyl groups excluding tert-OH is 1. The van der Waals surface area contributed by atoms with Crippen molar-refractivity contribution in [3.05, 3.63) is 59.8 Å². The van der Waals surface area contributed by atoms with E-state index in [1.165, 1.54) is 0 Å². The van der Waals surface area contributed by atoms with Crippen LogP contribution in [0.3, 0.4) is 0 Å². The molecule has 7 rings (SSSR count). The van der Waals surface area contributed by atoms with Crippen molar-refractivity contribution < 1.29 is 28.9 Å². The van der Waals surface area contributed by atoms with Gasteiger partial charge < -0.3 is 66.4 Å². The summed E-state index contributed by atoms with van der Waals surface area (Å²) in [6.45, 7) is 10.6. The Morgan fingerprint density at radius 1 is 0.819 bits per heavy atom. The molecule has 6 heterocycles. The van der Waals surface area contributed by atoms with E-state index in [1.54, 1.807) is 15.6 Å². The molecule has 390 valence electrons. The summed E-state index contributed by atoms with van der Waals surface area (Å²) >= 11 is 0. The minimum absolute atomic E-state index is 0.0739. The van der Waals surface area contributed by atoms with Crippen molar-refractivity contribution in [2.24, 2.45) is 23.1 Å². The molecule has 4 aromatic heterocycles. The normalized spacial score (nSPS) is 16.4. The second-order valence-corrected chi connectivity index (χ2v) is 18.1. The zero-order valence-electron chi connectivity index (χ0n) is 41.6. The average molecular weight is 997 g/mol. The monoisotopic (exact) mass is 997 g/mol. The van der Waals surface area contributed by atoms with E-state index in [-0.39, 0.29) is 37.0 Å². The Morgan fingerprint density at radius 2 is 1.42 bits per heavy atom. The number of nitrogens with one attached hydrogen (secondary N) is 2. The van der Waals surface area contributed by atoms with Gasteiger partial charge in [-0.15, -0.1) is 16.6 Å². The van der Waals surface area contributed by atoms with Crippen molar-refractivity contribution in [2.45, 2.75) is 70.1 Å². The van der Waals surface area contributed by atoms with Gasteiger partial charge in [-0.3, -0.25) is 9.59 Å². The maximum Gasteiger partial charge on any atom is 0.248 e. The number of benzene rings is 1. The lowest BCUT2D eigenvalue weighted by molar-refractivity contribution is -0.136. The maximum absolute atomic E-state index is 14.7. The smallest absolute Gasteiger partial charge is 0.248 e. The van der Waals surface area contributed by atoms with E-state index in [4.69, 9.17) is 52.8 Å². The van der Waals surface area contributed by atoms with Gasteiger partial charge in [0.2, 0.25) is 29.7 Å². The first-order valence-corrected chi connectivity index (χ1v) is 25.1. The van der Waals surface area contributed by atoms with Gasteiger partial charge in [0.25, 0.3) is 0 Å². The number of para-hydroxylation sites is 1. The fourth-order valence-electron chi connectivity index (χ4n) is 8.64. The summed E-state index contributed by atoms with van der Waals surface area (Å²) in [5, 5.41) is 31.2. The van der Waals surface area contributed by atoms with E-state index in [9.17, 15) is 14.7 Å². The number of ether oxygens (including phenoxy) is 3. The molecular formula is C48H72N18O6. The molecule has 0 bridgehead atoms. The van der Waals surface area contributed by atoms with Gasteiger partial charge in [0, 0.05) is 76.5 Å². The summed E-state index contributed by atoms with van der Waals surface area (Å²) in [6, 6.07) is 7.84. The topological polar surface area (TPSA) is 301 Å². The fraction of sp³-hybridized carbons (Fsp3) is 0.604. The second kappa shape index (κ2) is 26.9. The molecule has 0 saturated carbocycles. The highest BCUT2D eigenvalue weighted by atomic mass is 16.5. The number of nitrogens with two attached hydrogens (primary N) is 3. The highest BCUT2D eigenvalue weighted by Crippen LogP contribution is 2.27. The molecule has 24 nitrogen and oxygen atoms in total. The number of aliphatic hydroxyl groups is 1. The standard InChI is InChI=1S/C48H72N18O6/c1-4-23-70-25-27-72-28-26-71-24-14-52-46-54-47(63-19-15-61(16-20-63)44(68)41(12-8-9-13-49)65-31-39(57-59-65)37(50)33-67)56-48(55-46)64-21-17-62(18-22-64)45(69)42(30-36-29-35-10-6-7-11-38(35)53-36)66-32-40(58-60-66)43(51)34(3)5-2/h1,6-7,10-11,29,31-32,34,37,41-43,53,67H,5,8-9,12-28,30,33,49-51H2,2-3H3,(H,52,54,55,56)/t34?,37-,41-,42-,43-/m0/s1. The van der Waals surface area contributed by atoms with Gasteiger partial charge in [-0.25, -0.2) is 9.36 Å². The van der Waals surface area contributed by atoms with Crippen LogP contribution in [-0.4, -0.2) is 188 Å². The van der Waals surface area contributed by atoms with Crippen molar-refractivity contribution in [1.82, 2.24) is 59.7 Å². The van der Waals surface area contributed by atoms with Crippen LogP contribution in [0.4, 0.5) is 17.8 Å². The lowest BCUT2D eigenvalue weighted by atomic mass is 9.98. The van der Waals surface area contributed by atoms with Crippen LogP contribution in [0.2, 0.25) is 0 Å². The number of aromatic amines is 1. The molecular weight excluding hydrogens is 925 g/mol. The Hall–Kier alpha value is -6.33. The van der Waals surface area contributed by atoms with Crippen LogP contribution in [0, 0.1) is 18.3 Å². The Bertz CT molecular complexity index is 2460. The number of unbranched alkanes of at least 4 members (excludes halogenated alkanes) is 1. The van der Waals surface area contributed by atoms with Crippen LogP contribution in [0.5, 0.6) is 0 Å². The number of amides is 2. The Kier molecular flexibility index (Phi) is 20.0. The Labute approximate surface area is 420 Å². The lowest BCUT2D eigenvalue weighted by Gasteiger charge is -2.38. The predicted octanol–water partition coefficient (Wildman–Crippen LogP) is 0.820. The first-order chi connectivity index (χ1) is 35.1. The molecule has 2 saturated heterocycles. The third-order valence-electron chi connectivity index (χ3n) is 13.2.